The predicted octanol–water partition coefficient (Wildman–Crippen LogP) is 2.49. The van der Waals surface area contributed by atoms with Crippen molar-refractivity contribution < 1.29 is 29.0 Å². The quantitative estimate of drug-likeness (QED) is 0.109. The molecule has 0 radical (unpaired) electrons. The van der Waals surface area contributed by atoms with Crippen molar-refractivity contribution >= 4 is 29.4 Å². The number of para-hydroxylation sites is 1. The van der Waals surface area contributed by atoms with E-state index in [-0.39, 0.29) is 25.4 Å². The molecular weight excluding hydrogens is 476 g/mol. The molecule has 10 nitrogen and oxygen atoms in total. The maximum atomic E-state index is 12.2. The van der Waals surface area contributed by atoms with Crippen LogP contribution in [0.2, 0.25) is 0 Å². The van der Waals surface area contributed by atoms with E-state index >= 15 is 0 Å². The van der Waals surface area contributed by atoms with Crippen LogP contribution in [0.15, 0.2) is 72.8 Å². The number of esters is 1. The van der Waals surface area contributed by atoms with E-state index in [2.05, 4.69) is 10.6 Å². The number of amides is 1. The van der Waals surface area contributed by atoms with Crippen LogP contribution in [0.5, 0.6) is 11.5 Å². The highest BCUT2D eigenvalue weighted by atomic mass is 16.5. The van der Waals surface area contributed by atoms with Gasteiger partial charge < -0.3 is 30.9 Å². The number of nitrogens with one attached hydrogen (secondary N) is 3. The topological polar surface area (TPSA) is 164 Å². The minimum absolute atomic E-state index is 0.0392. The van der Waals surface area contributed by atoms with Gasteiger partial charge in [-0.2, -0.15) is 0 Å². The number of carboxylic acids is 1. The number of carboxylic acid groups (broad SMARTS) is 1. The van der Waals surface area contributed by atoms with Gasteiger partial charge in [0, 0.05) is 17.7 Å². The lowest BCUT2D eigenvalue weighted by Gasteiger charge is -2.16. The summed E-state index contributed by atoms with van der Waals surface area (Å²) in [7, 11) is 0. The summed E-state index contributed by atoms with van der Waals surface area (Å²) in [6, 6.07) is 19.2. The molecule has 3 aromatic rings. The number of carbonyl (C=O) groups excluding carboxylic acids is 2. The number of benzene rings is 3. The summed E-state index contributed by atoms with van der Waals surface area (Å²) in [5.41, 5.74) is 8.17. The molecule has 10 heteroatoms. The smallest absolute Gasteiger partial charge is 0.330 e. The van der Waals surface area contributed by atoms with E-state index in [0.717, 1.165) is 5.56 Å². The number of hydrogen-bond acceptors (Lipinski definition) is 7. The fourth-order valence-corrected chi connectivity index (χ4v) is 3.34. The minimum atomic E-state index is -1.18. The van der Waals surface area contributed by atoms with Crippen LogP contribution >= 0.6 is 0 Å². The summed E-state index contributed by atoms with van der Waals surface area (Å²) in [6.45, 7) is 1.46. The van der Waals surface area contributed by atoms with Crippen molar-refractivity contribution in [3.63, 3.8) is 0 Å². The van der Waals surface area contributed by atoms with Crippen molar-refractivity contribution in [2.45, 2.75) is 19.4 Å². The molecular formula is C27H28N4O6. The highest BCUT2D eigenvalue weighted by Gasteiger charge is 2.21. The van der Waals surface area contributed by atoms with Crippen LogP contribution in [0.1, 0.15) is 16.7 Å². The first kappa shape index (κ1) is 26.7. The average molecular weight is 505 g/mol. The normalized spacial score (nSPS) is 11.2. The highest BCUT2D eigenvalue weighted by molar-refractivity contribution is 5.95. The molecule has 1 atom stereocenters. The first-order valence-corrected chi connectivity index (χ1v) is 11.4. The fraction of sp³-hybridized carbons (Fsp3) is 0.185. The second kappa shape index (κ2) is 12.7. The molecule has 6 N–H and O–H groups in total. The number of rotatable bonds is 12. The fourth-order valence-electron chi connectivity index (χ4n) is 3.34. The minimum Gasteiger partial charge on any atom is -0.484 e. The molecule has 0 fully saturated rings. The number of amidine groups is 1. The van der Waals surface area contributed by atoms with Crippen molar-refractivity contribution in [2.75, 3.05) is 18.5 Å². The van der Waals surface area contributed by atoms with Gasteiger partial charge in [-0.05, 0) is 60.5 Å². The molecule has 1 amide bonds. The van der Waals surface area contributed by atoms with E-state index in [9.17, 15) is 19.5 Å². The summed E-state index contributed by atoms with van der Waals surface area (Å²) in [4.78, 5) is 36.1. The molecule has 192 valence electrons. The van der Waals surface area contributed by atoms with Crippen molar-refractivity contribution in [1.82, 2.24) is 5.32 Å². The number of nitrogen functional groups attached to an aromatic ring is 1. The van der Waals surface area contributed by atoms with Gasteiger partial charge in [-0.3, -0.25) is 10.2 Å². The van der Waals surface area contributed by atoms with Gasteiger partial charge in [0.1, 0.15) is 29.9 Å². The summed E-state index contributed by atoms with van der Waals surface area (Å²) in [5.74, 6) is -1.45. The van der Waals surface area contributed by atoms with Gasteiger partial charge in [0.25, 0.3) is 5.91 Å². The molecule has 0 bridgehead atoms. The molecule has 0 spiro atoms. The number of aliphatic carboxylic acids is 1. The van der Waals surface area contributed by atoms with Gasteiger partial charge in [0.05, 0.1) is 0 Å². The van der Waals surface area contributed by atoms with Crippen molar-refractivity contribution in [3.05, 3.63) is 89.5 Å². The average Bonchev–Trinajstić information content (AvgIpc) is 2.88. The molecule has 0 aliphatic heterocycles. The van der Waals surface area contributed by atoms with Gasteiger partial charge in [-0.1, -0.05) is 30.3 Å². The second-order valence-corrected chi connectivity index (χ2v) is 8.18. The lowest BCUT2D eigenvalue weighted by molar-refractivity contribution is -0.142. The third-order valence-corrected chi connectivity index (χ3v) is 5.31. The van der Waals surface area contributed by atoms with Gasteiger partial charge in [0.2, 0.25) is 0 Å². The zero-order valence-corrected chi connectivity index (χ0v) is 20.2. The summed E-state index contributed by atoms with van der Waals surface area (Å²) in [5, 5.41) is 22.3. The van der Waals surface area contributed by atoms with E-state index in [1.165, 1.54) is 0 Å². The van der Waals surface area contributed by atoms with Crippen molar-refractivity contribution in [2.24, 2.45) is 5.73 Å². The van der Waals surface area contributed by atoms with E-state index in [4.69, 9.17) is 20.6 Å². The second-order valence-electron chi connectivity index (χ2n) is 8.18. The lowest BCUT2D eigenvalue weighted by Crippen LogP contribution is -2.44. The Hall–Kier alpha value is -4.86. The van der Waals surface area contributed by atoms with Crippen LogP contribution in [0, 0.1) is 12.3 Å². The largest absolute Gasteiger partial charge is 0.484 e. The number of carbonyl (C=O) groups is 3. The van der Waals surface area contributed by atoms with Crippen LogP contribution in [0.25, 0.3) is 0 Å². The van der Waals surface area contributed by atoms with Crippen LogP contribution in [-0.2, 0) is 20.8 Å². The van der Waals surface area contributed by atoms with Crippen LogP contribution in [-0.4, -0.2) is 48.0 Å². The zero-order valence-electron chi connectivity index (χ0n) is 20.2. The van der Waals surface area contributed by atoms with Crippen LogP contribution < -0.4 is 25.8 Å². The Kier molecular flexibility index (Phi) is 9.20. The Labute approximate surface area is 213 Å². The van der Waals surface area contributed by atoms with E-state index < -0.39 is 23.9 Å². The number of anilines is 1. The van der Waals surface area contributed by atoms with E-state index in [1.54, 1.807) is 60.7 Å². The summed E-state index contributed by atoms with van der Waals surface area (Å²) < 4.78 is 10.8. The maximum Gasteiger partial charge on any atom is 0.330 e. The van der Waals surface area contributed by atoms with Crippen molar-refractivity contribution in [3.8, 4) is 11.5 Å². The first-order chi connectivity index (χ1) is 17.7. The molecule has 3 rings (SSSR count). The van der Waals surface area contributed by atoms with Gasteiger partial charge in [-0.15, -0.1) is 0 Å². The Morgan fingerprint density at radius 2 is 1.68 bits per heavy atom. The zero-order chi connectivity index (χ0) is 26.8. The first-order valence-electron chi connectivity index (χ1n) is 11.4. The summed E-state index contributed by atoms with van der Waals surface area (Å²) >= 11 is 0. The standard InChI is InChI=1S/C27H28N4O6/c1-17-4-2-3-5-23(17)36-16-24(32)31-22(27(34)35)14-18-6-12-21(13-7-18)37-25(33)15-30-20-10-8-19(9-11-20)26(28)29/h2-13,22,30H,14-16H2,1H3,(H3,28,29)(H,31,32)(H,34,35)/t22-/m0/s1. The number of nitrogens with two attached hydrogens (primary N) is 1. The molecule has 3 aromatic carbocycles. The number of ether oxygens (including phenoxy) is 2. The molecule has 0 aliphatic carbocycles. The lowest BCUT2D eigenvalue weighted by atomic mass is 10.1. The SMILES string of the molecule is Cc1ccccc1OCC(=O)N[C@@H](Cc1ccc(OC(=O)CNc2ccc(C(=N)N)cc2)cc1)C(=O)O. The number of hydrogen-bond donors (Lipinski definition) is 5. The third kappa shape index (κ3) is 8.39. The maximum absolute atomic E-state index is 12.2. The van der Waals surface area contributed by atoms with E-state index in [0.29, 0.717) is 28.3 Å². The molecule has 0 heterocycles. The van der Waals surface area contributed by atoms with E-state index in [1.807, 2.05) is 19.1 Å². The van der Waals surface area contributed by atoms with Crippen LogP contribution in [0.4, 0.5) is 5.69 Å². The Bertz CT molecular complexity index is 1260. The van der Waals surface area contributed by atoms with Crippen LogP contribution in [0.3, 0.4) is 0 Å². The highest BCUT2D eigenvalue weighted by Crippen LogP contribution is 2.17. The van der Waals surface area contributed by atoms with Gasteiger partial charge in [0.15, 0.2) is 6.61 Å². The van der Waals surface area contributed by atoms with Gasteiger partial charge in [-0.25, -0.2) is 9.59 Å². The molecule has 0 aromatic heterocycles. The number of aryl methyl sites for hydroxylation is 1. The van der Waals surface area contributed by atoms with Crippen molar-refractivity contribution in [1.29, 1.82) is 5.41 Å². The Balaban J connectivity index is 1.47. The monoisotopic (exact) mass is 504 g/mol. The molecule has 0 saturated heterocycles. The molecule has 0 aliphatic rings. The summed E-state index contributed by atoms with van der Waals surface area (Å²) in [6.07, 6.45) is 0.0392. The molecule has 0 saturated carbocycles. The molecule has 37 heavy (non-hydrogen) atoms. The third-order valence-electron chi connectivity index (χ3n) is 5.31. The Morgan fingerprint density at radius 1 is 1.00 bits per heavy atom. The van der Waals surface area contributed by atoms with Gasteiger partial charge >= 0.3 is 11.9 Å². The molecule has 0 unspecified atom stereocenters. The predicted molar refractivity (Wildman–Crippen MR) is 138 cm³/mol. The Morgan fingerprint density at radius 3 is 2.30 bits per heavy atom.